The van der Waals surface area contributed by atoms with Crippen LogP contribution in [0.1, 0.15) is 25.8 Å². The largest absolute Gasteiger partial charge is 0.484 e. The van der Waals surface area contributed by atoms with Crippen LogP contribution in [0.3, 0.4) is 0 Å². The Balaban J connectivity index is 1.94. The van der Waals surface area contributed by atoms with Crippen LogP contribution >= 0.6 is 0 Å². The van der Waals surface area contributed by atoms with E-state index in [1.165, 1.54) is 7.11 Å². The molecule has 0 radical (unpaired) electrons. The normalized spacial score (nSPS) is 18.1. The number of nitrogens with zero attached hydrogens (tertiary/aromatic N) is 4. The number of methoxy groups -OCH3 is 1. The fourth-order valence-corrected chi connectivity index (χ4v) is 2.23. The third-order valence-electron chi connectivity index (χ3n) is 3.49. The van der Waals surface area contributed by atoms with Crippen LogP contribution in [-0.4, -0.2) is 53.8 Å². The molecule has 20 heavy (non-hydrogen) atoms. The van der Waals surface area contributed by atoms with E-state index in [1.807, 2.05) is 10.9 Å². The van der Waals surface area contributed by atoms with Crippen molar-refractivity contribution in [2.75, 3.05) is 32.6 Å². The predicted molar refractivity (Wildman–Crippen MR) is 79.5 cm³/mol. The zero-order chi connectivity index (χ0) is 14.5. The van der Waals surface area contributed by atoms with Gasteiger partial charge in [0.05, 0.1) is 25.0 Å². The maximum absolute atomic E-state index is 7.72. The zero-order valence-electron chi connectivity index (χ0n) is 12.3. The van der Waals surface area contributed by atoms with Crippen molar-refractivity contribution in [1.82, 2.24) is 14.7 Å². The predicted octanol–water partition coefficient (Wildman–Crippen LogP) is 1.56. The lowest BCUT2D eigenvalue weighted by Crippen LogP contribution is -2.31. The monoisotopic (exact) mass is 278 g/mol. The minimum Gasteiger partial charge on any atom is -0.484 e. The molecule has 1 aliphatic heterocycles. The lowest BCUT2D eigenvalue weighted by molar-refractivity contribution is 0.212. The maximum atomic E-state index is 7.72. The first-order chi connectivity index (χ1) is 9.58. The van der Waals surface area contributed by atoms with Gasteiger partial charge in [0.2, 0.25) is 5.96 Å². The number of hydrogen-bond donors (Lipinski definition) is 2. The molecule has 0 aromatic carbocycles. The molecule has 0 aliphatic carbocycles. The summed E-state index contributed by atoms with van der Waals surface area (Å²) in [5.41, 5.74) is 0.779. The van der Waals surface area contributed by atoms with Gasteiger partial charge >= 0.3 is 0 Å². The fraction of sp³-hybridized carbons (Fsp3) is 0.615. The summed E-state index contributed by atoms with van der Waals surface area (Å²) in [7, 11) is 3.67. The van der Waals surface area contributed by atoms with E-state index in [9.17, 15) is 0 Å². The van der Waals surface area contributed by atoms with E-state index < -0.39 is 0 Å². The molecule has 1 saturated heterocycles. The molecule has 0 spiro atoms. The Labute approximate surface area is 119 Å². The number of aliphatic imine (C=N–C) groups is 1. The van der Waals surface area contributed by atoms with E-state index in [-0.39, 0.29) is 5.96 Å². The summed E-state index contributed by atoms with van der Waals surface area (Å²) >= 11 is 0. The molecule has 2 N–H and O–H groups in total. The molecule has 1 fully saturated rings. The third kappa shape index (κ3) is 3.80. The van der Waals surface area contributed by atoms with Gasteiger partial charge in [0, 0.05) is 13.1 Å². The van der Waals surface area contributed by atoms with E-state index in [2.05, 4.69) is 27.4 Å². The molecule has 110 valence electrons. The summed E-state index contributed by atoms with van der Waals surface area (Å²) in [6.45, 7) is 3.90. The summed E-state index contributed by atoms with van der Waals surface area (Å²) in [5, 5.41) is 15.0. The van der Waals surface area contributed by atoms with Gasteiger partial charge in [0.15, 0.2) is 5.90 Å². The van der Waals surface area contributed by atoms with Crippen LogP contribution in [0.4, 0.5) is 5.69 Å². The number of anilines is 1. The van der Waals surface area contributed by atoms with Gasteiger partial charge in [0.25, 0.3) is 0 Å². The van der Waals surface area contributed by atoms with Gasteiger partial charge < -0.3 is 15.0 Å². The van der Waals surface area contributed by atoms with Crippen LogP contribution in [0.25, 0.3) is 0 Å². The molecule has 1 aromatic heterocycles. The molecule has 0 unspecified atom stereocenters. The summed E-state index contributed by atoms with van der Waals surface area (Å²) in [5.74, 6) is 0.498. The molecule has 2 rings (SSSR count). The number of guanidine groups is 1. The second-order valence-corrected chi connectivity index (χ2v) is 5.05. The summed E-state index contributed by atoms with van der Waals surface area (Å²) in [4.78, 5) is 6.28. The molecule has 0 bridgehead atoms. The zero-order valence-corrected chi connectivity index (χ0v) is 12.3. The van der Waals surface area contributed by atoms with Crippen molar-refractivity contribution in [3.05, 3.63) is 12.4 Å². The second-order valence-electron chi connectivity index (χ2n) is 5.05. The SMILES string of the molecule is CO/C(C)=N/C(=N)Nc1cnn(C2CCN(C)CC2)c1. The molecule has 1 aliphatic rings. The third-order valence-corrected chi connectivity index (χ3v) is 3.49. The van der Waals surface area contributed by atoms with E-state index in [0.29, 0.717) is 11.9 Å². The lowest BCUT2D eigenvalue weighted by atomic mass is 10.1. The summed E-state index contributed by atoms with van der Waals surface area (Å²) in [6.07, 6.45) is 5.87. The highest BCUT2D eigenvalue weighted by atomic mass is 16.5. The van der Waals surface area contributed by atoms with Crippen molar-refractivity contribution in [2.45, 2.75) is 25.8 Å². The van der Waals surface area contributed by atoms with Gasteiger partial charge in [-0.25, -0.2) is 0 Å². The molecule has 7 nitrogen and oxygen atoms in total. The van der Waals surface area contributed by atoms with Crippen LogP contribution < -0.4 is 5.32 Å². The number of ether oxygens (including phenoxy) is 1. The molecule has 0 amide bonds. The highest BCUT2D eigenvalue weighted by molar-refractivity contribution is 5.98. The van der Waals surface area contributed by atoms with E-state index in [1.54, 1.807) is 13.1 Å². The van der Waals surface area contributed by atoms with Gasteiger partial charge in [-0.2, -0.15) is 10.1 Å². The molecular formula is C13H22N6O. The van der Waals surface area contributed by atoms with Gasteiger partial charge in [-0.3, -0.25) is 10.1 Å². The minimum atomic E-state index is 0.0484. The molecule has 0 atom stereocenters. The summed E-state index contributed by atoms with van der Waals surface area (Å²) < 4.78 is 6.89. The van der Waals surface area contributed by atoms with Crippen LogP contribution in [-0.2, 0) is 4.74 Å². The number of aromatic nitrogens is 2. The smallest absolute Gasteiger partial charge is 0.222 e. The Morgan fingerprint density at radius 1 is 1.50 bits per heavy atom. The average molecular weight is 278 g/mol. The van der Waals surface area contributed by atoms with Crippen molar-refractivity contribution in [3.63, 3.8) is 0 Å². The Bertz CT molecular complexity index is 487. The minimum absolute atomic E-state index is 0.0484. The maximum Gasteiger partial charge on any atom is 0.222 e. The number of piperidine rings is 1. The molecule has 7 heteroatoms. The average Bonchev–Trinajstić information content (AvgIpc) is 2.87. The first kappa shape index (κ1) is 14.5. The Hall–Kier alpha value is -1.89. The van der Waals surface area contributed by atoms with Gasteiger partial charge in [-0.05, 0) is 33.0 Å². The van der Waals surface area contributed by atoms with E-state index in [0.717, 1.165) is 31.6 Å². The van der Waals surface area contributed by atoms with Gasteiger partial charge in [-0.15, -0.1) is 0 Å². The van der Waals surface area contributed by atoms with Crippen molar-refractivity contribution in [1.29, 1.82) is 5.41 Å². The standard InChI is InChI=1S/C13H22N6O/c1-10(20-3)16-13(14)17-11-8-15-19(9-11)12-4-6-18(2)7-5-12/h8-9,12H,4-7H2,1-3H3,(H2,14,17)/b16-10+. The van der Waals surface area contributed by atoms with Crippen LogP contribution in [0.5, 0.6) is 0 Å². The van der Waals surface area contributed by atoms with Crippen LogP contribution in [0.15, 0.2) is 17.4 Å². The molecule has 2 heterocycles. The Morgan fingerprint density at radius 3 is 2.85 bits per heavy atom. The van der Waals surface area contributed by atoms with Crippen molar-refractivity contribution >= 4 is 17.5 Å². The number of hydrogen-bond acceptors (Lipinski definition) is 4. The fourth-order valence-electron chi connectivity index (χ4n) is 2.23. The number of rotatable bonds is 2. The number of likely N-dealkylation sites (tertiary alicyclic amines) is 1. The van der Waals surface area contributed by atoms with E-state index >= 15 is 0 Å². The highest BCUT2D eigenvalue weighted by Gasteiger charge is 2.18. The second kappa shape index (κ2) is 6.51. The topological polar surface area (TPSA) is 78.5 Å². The van der Waals surface area contributed by atoms with Crippen molar-refractivity contribution < 1.29 is 4.74 Å². The quantitative estimate of drug-likeness (QED) is 0.635. The van der Waals surface area contributed by atoms with Gasteiger partial charge in [-0.1, -0.05) is 0 Å². The van der Waals surface area contributed by atoms with Gasteiger partial charge in [0.1, 0.15) is 0 Å². The Kier molecular flexibility index (Phi) is 4.73. The van der Waals surface area contributed by atoms with Crippen LogP contribution in [0, 0.1) is 5.41 Å². The first-order valence-electron chi connectivity index (χ1n) is 6.76. The lowest BCUT2D eigenvalue weighted by Gasteiger charge is -2.28. The summed E-state index contributed by atoms with van der Waals surface area (Å²) in [6, 6.07) is 0.445. The van der Waals surface area contributed by atoms with Crippen molar-refractivity contribution in [2.24, 2.45) is 4.99 Å². The molecule has 1 aromatic rings. The first-order valence-corrected chi connectivity index (χ1v) is 6.76. The molecular weight excluding hydrogens is 256 g/mol. The van der Waals surface area contributed by atoms with Crippen LogP contribution in [0.2, 0.25) is 0 Å². The van der Waals surface area contributed by atoms with E-state index in [4.69, 9.17) is 10.1 Å². The number of nitrogens with one attached hydrogen (secondary N) is 2. The van der Waals surface area contributed by atoms with Crippen molar-refractivity contribution in [3.8, 4) is 0 Å². The Morgan fingerprint density at radius 2 is 2.20 bits per heavy atom. The molecule has 0 saturated carbocycles. The highest BCUT2D eigenvalue weighted by Crippen LogP contribution is 2.22.